The van der Waals surface area contributed by atoms with E-state index >= 15 is 0 Å². The lowest BCUT2D eigenvalue weighted by molar-refractivity contribution is -0.0650. The highest BCUT2D eigenvalue weighted by Crippen LogP contribution is 2.36. The third-order valence-corrected chi connectivity index (χ3v) is 4.41. The minimum Gasteiger partial charge on any atom is -0.444 e. The molecule has 2 unspecified atom stereocenters. The molecule has 5 heteroatoms. The van der Waals surface area contributed by atoms with Gasteiger partial charge in [-0.3, -0.25) is 4.90 Å². The molecule has 0 saturated carbocycles. The van der Waals surface area contributed by atoms with E-state index in [1.165, 1.54) is 0 Å². The molecule has 0 bridgehead atoms. The largest absolute Gasteiger partial charge is 0.444 e. The Labute approximate surface area is 147 Å². The molecule has 142 valence electrons. The highest BCUT2D eigenvalue weighted by molar-refractivity contribution is 5.69. The Morgan fingerprint density at radius 1 is 1.33 bits per heavy atom. The maximum atomic E-state index is 12.8. The van der Waals surface area contributed by atoms with Crippen LogP contribution in [0.15, 0.2) is 0 Å². The summed E-state index contributed by atoms with van der Waals surface area (Å²) >= 11 is 0. The SMILES string of the molecule is CC(C)CC(CCCCO)C1COC(C)(C)N1C(=O)OC(C)(C)C. The van der Waals surface area contributed by atoms with Crippen molar-refractivity contribution in [3.05, 3.63) is 0 Å². The first-order valence-electron chi connectivity index (χ1n) is 9.25. The summed E-state index contributed by atoms with van der Waals surface area (Å²) in [5, 5.41) is 9.07. The zero-order valence-corrected chi connectivity index (χ0v) is 16.6. The van der Waals surface area contributed by atoms with E-state index in [0.29, 0.717) is 18.4 Å². The first kappa shape index (κ1) is 21.2. The first-order valence-corrected chi connectivity index (χ1v) is 9.25. The molecule has 24 heavy (non-hydrogen) atoms. The Balaban J connectivity index is 2.95. The van der Waals surface area contributed by atoms with Crippen LogP contribution in [0, 0.1) is 11.8 Å². The van der Waals surface area contributed by atoms with Crippen molar-refractivity contribution in [3.8, 4) is 0 Å². The fraction of sp³-hybridized carbons (Fsp3) is 0.947. The second-order valence-corrected chi connectivity index (χ2v) is 8.78. The summed E-state index contributed by atoms with van der Waals surface area (Å²) in [6.45, 7) is 14.7. The number of hydrogen-bond acceptors (Lipinski definition) is 4. The number of aliphatic hydroxyl groups is 1. The van der Waals surface area contributed by atoms with E-state index in [0.717, 1.165) is 25.7 Å². The van der Waals surface area contributed by atoms with Crippen molar-refractivity contribution in [3.63, 3.8) is 0 Å². The fourth-order valence-electron chi connectivity index (χ4n) is 3.44. The molecular weight excluding hydrogens is 306 g/mol. The van der Waals surface area contributed by atoms with Crippen molar-refractivity contribution >= 4 is 6.09 Å². The predicted octanol–water partition coefficient (Wildman–Crippen LogP) is 4.18. The Morgan fingerprint density at radius 3 is 2.46 bits per heavy atom. The first-order chi connectivity index (χ1) is 11.0. The molecule has 0 radical (unpaired) electrons. The molecule has 1 aliphatic rings. The molecule has 5 nitrogen and oxygen atoms in total. The molecule has 1 saturated heterocycles. The van der Waals surface area contributed by atoms with E-state index in [4.69, 9.17) is 14.6 Å². The van der Waals surface area contributed by atoms with Crippen molar-refractivity contribution < 1.29 is 19.4 Å². The number of unbranched alkanes of at least 4 members (excludes halogenated alkanes) is 1. The van der Waals surface area contributed by atoms with Gasteiger partial charge < -0.3 is 14.6 Å². The van der Waals surface area contributed by atoms with Gasteiger partial charge >= 0.3 is 6.09 Å². The van der Waals surface area contributed by atoms with E-state index in [9.17, 15) is 4.79 Å². The Kier molecular flexibility index (Phi) is 7.54. The van der Waals surface area contributed by atoms with Crippen LogP contribution in [-0.4, -0.2) is 46.7 Å². The highest BCUT2D eigenvalue weighted by atomic mass is 16.6. The summed E-state index contributed by atoms with van der Waals surface area (Å²) < 4.78 is 11.6. The number of nitrogens with zero attached hydrogens (tertiary/aromatic N) is 1. The monoisotopic (exact) mass is 343 g/mol. The molecule has 0 aromatic rings. The minimum atomic E-state index is -0.654. The van der Waals surface area contributed by atoms with E-state index in [1.54, 1.807) is 4.90 Å². The van der Waals surface area contributed by atoms with Crippen molar-refractivity contribution in [2.75, 3.05) is 13.2 Å². The van der Waals surface area contributed by atoms with Gasteiger partial charge in [-0.25, -0.2) is 4.79 Å². The summed E-state index contributed by atoms with van der Waals surface area (Å²) in [7, 11) is 0. The Bertz CT molecular complexity index is 401. The number of aliphatic hydroxyl groups excluding tert-OH is 1. The van der Waals surface area contributed by atoms with Crippen molar-refractivity contribution in [1.82, 2.24) is 4.90 Å². The van der Waals surface area contributed by atoms with Gasteiger partial charge in [-0.05, 0) is 65.7 Å². The summed E-state index contributed by atoms with van der Waals surface area (Å²) in [6, 6.07) is 0.0240. The number of amides is 1. The second-order valence-electron chi connectivity index (χ2n) is 8.78. The zero-order chi connectivity index (χ0) is 18.5. The van der Waals surface area contributed by atoms with Gasteiger partial charge in [0.2, 0.25) is 0 Å². The molecule has 1 heterocycles. The highest BCUT2D eigenvalue weighted by Gasteiger charge is 2.48. The number of carbonyl (C=O) groups excluding carboxylic acids is 1. The van der Waals surface area contributed by atoms with Crippen molar-refractivity contribution in [2.45, 2.75) is 91.5 Å². The molecule has 1 N–H and O–H groups in total. The molecule has 1 aliphatic heterocycles. The van der Waals surface area contributed by atoms with Gasteiger partial charge in [-0.2, -0.15) is 0 Å². The van der Waals surface area contributed by atoms with Crippen LogP contribution in [0.4, 0.5) is 4.79 Å². The van der Waals surface area contributed by atoms with Gasteiger partial charge in [0, 0.05) is 6.61 Å². The number of ether oxygens (including phenoxy) is 2. The van der Waals surface area contributed by atoms with Crippen molar-refractivity contribution in [1.29, 1.82) is 0 Å². The molecule has 2 atom stereocenters. The second kappa shape index (κ2) is 8.52. The van der Waals surface area contributed by atoms with Crippen LogP contribution in [0.2, 0.25) is 0 Å². The molecule has 1 amide bonds. The average molecular weight is 344 g/mol. The summed E-state index contributed by atoms with van der Waals surface area (Å²) in [5.74, 6) is 0.902. The minimum absolute atomic E-state index is 0.0240. The van der Waals surface area contributed by atoms with Crippen LogP contribution in [-0.2, 0) is 9.47 Å². The lowest BCUT2D eigenvalue weighted by Gasteiger charge is -2.38. The molecule has 0 aliphatic carbocycles. The van der Waals surface area contributed by atoms with Crippen LogP contribution in [0.1, 0.15) is 74.1 Å². The predicted molar refractivity (Wildman–Crippen MR) is 95.8 cm³/mol. The van der Waals surface area contributed by atoms with Crippen LogP contribution in [0.3, 0.4) is 0 Å². The maximum absolute atomic E-state index is 12.8. The lowest BCUT2D eigenvalue weighted by atomic mass is 9.86. The normalized spacial score (nSPS) is 22.0. The number of hydrogen-bond donors (Lipinski definition) is 1. The van der Waals surface area contributed by atoms with Crippen molar-refractivity contribution in [2.24, 2.45) is 11.8 Å². The van der Waals surface area contributed by atoms with E-state index in [-0.39, 0.29) is 18.7 Å². The molecule has 0 aromatic heterocycles. The third-order valence-electron chi connectivity index (χ3n) is 4.41. The topological polar surface area (TPSA) is 59.0 Å². The molecule has 1 rings (SSSR count). The van der Waals surface area contributed by atoms with Crippen LogP contribution in [0.25, 0.3) is 0 Å². The average Bonchev–Trinajstić information content (AvgIpc) is 2.71. The summed E-state index contributed by atoms with van der Waals surface area (Å²) in [4.78, 5) is 14.6. The molecule has 0 aromatic carbocycles. The van der Waals surface area contributed by atoms with E-state index in [1.807, 2.05) is 34.6 Å². The smallest absolute Gasteiger partial charge is 0.412 e. The van der Waals surface area contributed by atoms with Crippen LogP contribution >= 0.6 is 0 Å². The Hall–Kier alpha value is -0.810. The quantitative estimate of drug-likeness (QED) is 0.704. The number of rotatable bonds is 7. The lowest BCUT2D eigenvalue weighted by Crippen LogP contribution is -2.52. The molecule has 0 spiro atoms. The number of carbonyl (C=O) groups is 1. The van der Waals surface area contributed by atoms with Gasteiger partial charge in [0.15, 0.2) is 0 Å². The van der Waals surface area contributed by atoms with Crippen LogP contribution in [0.5, 0.6) is 0 Å². The van der Waals surface area contributed by atoms with Gasteiger partial charge in [-0.1, -0.05) is 20.3 Å². The summed E-state index contributed by atoms with van der Waals surface area (Å²) in [5.41, 5.74) is -1.18. The zero-order valence-electron chi connectivity index (χ0n) is 16.6. The van der Waals surface area contributed by atoms with E-state index in [2.05, 4.69) is 13.8 Å². The molecular formula is C19H37NO4. The van der Waals surface area contributed by atoms with Gasteiger partial charge in [0.05, 0.1) is 12.6 Å². The van der Waals surface area contributed by atoms with Gasteiger partial charge in [0.25, 0.3) is 0 Å². The van der Waals surface area contributed by atoms with E-state index < -0.39 is 11.3 Å². The molecule has 1 fully saturated rings. The van der Waals surface area contributed by atoms with Gasteiger partial charge in [-0.15, -0.1) is 0 Å². The third kappa shape index (κ3) is 6.25. The summed E-state index contributed by atoms with van der Waals surface area (Å²) in [6.07, 6.45) is 3.49. The van der Waals surface area contributed by atoms with Crippen LogP contribution < -0.4 is 0 Å². The fourth-order valence-corrected chi connectivity index (χ4v) is 3.44. The Morgan fingerprint density at radius 2 is 1.96 bits per heavy atom. The standard InChI is InChI=1S/C19H37NO4/c1-14(2)12-15(10-8-9-11-21)16-13-23-19(6,7)20(16)17(22)24-18(3,4)5/h14-16,21H,8-13H2,1-7H3. The van der Waals surface area contributed by atoms with Gasteiger partial charge in [0.1, 0.15) is 11.3 Å². The maximum Gasteiger partial charge on any atom is 0.412 e.